The maximum Gasteiger partial charge on any atom is 0.131 e. The smallest absolute Gasteiger partial charge is 0.131 e. The van der Waals surface area contributed by atoms with E-state index in [1.54, 1.807) is 5.69 Å². The maximum absolute atomic E-state index is 2.44. The van der Waals surface area contributed by atoms with E-state index in [9.17, 15) is 0 Å². The van der Waals surface area contributed by atoms with E-state index in [2.05, 4.69) is 45.0 Å². The summed E-state index contributed by atoms with van der Waals surface area (Å²) in [4.78, 5) is 1.84. The van der Waals surface area contributed by atoms with Crippen LogP contribution in [0.1, 0.15) is 90.5 Å². The molecule has 1 nitrogen and oxygen atoms in total. The third-order valence-electron chi connectivity index (χ3n) is 6.17. The first-order valence-corrected chi connectivity index (χ1v) is 10.0. The highest BCUT2D eigenvalue weighted by atomic mass is 127. The first-order valence-electron chi connectivity index (χ1n) is 10.0. The Morgan fingerprint density at radius 2 is 1.12 bits per heavy atom. The first kappa shape index (κ1) is 20.2. The van der Waals surface area contributed by atoms with E-state index < -0.39 is 0 Å². The first-order chi connectivity index (χ1) is 11.1. The average molecular weight is 441 g/mol. The lowest BCUT2D eigenvalue weighted by atomic mass is 9.86. The minimum Gasteiger partial charge on any atom is -1.00 e. The van der Waals surface area contributed by atoms with Gasteiger partial charge in [0, 0.05) is 0 Å². The fourth-order valence-electron chi connectivity index (χ4n) is 4.79. The van der Waals surface area contributed by atoms with Crippen LogP contribution in [0.25, 0.3) is 0 Å². The van der Waals surface area contributed by atoms with Crippen LogP contribution in [0, 0.1) is 0 Å². The Kier molecular flexibility index (Phi) is 7.60. The Labute approximate surface area is 166 Å². The monoisotopic (exact) mass is 441 g/mol. The molecule has 0 aliphatic heterocycles. The van der Waals surface area contributed by atoms with Gasteiger partial charge >= 0.3 is 0 Å². The topological polar surface area (TPSA) is 4.44 Å². The predicted molar refractivity (Wildman–Crippen MR) is 99.5 cm³/mol. The molecule has 2 aliphatic carbocycles. The number of halogens is 1. The van der Waals surface area contributed by atoms with Crippen LogP contribution in [0.2, 0.25) is 0 Å². The Morgan fingerprint density at radius 1 is 0.708 bits per heavy atom. The molecule has 2 aliphatic rings. The lowest BCUT2D eigenvalue weighted by Gasteiger charge is -2.38. The highest BCUT2D eigenvalue weighted by Gasteiger charge is 2.33. The SMILES string of the molecule is CC(C)(C)c1ccc([NH+](C2CCCCC2)C2CCCCC2)cc1.[I-]. The van der Waals surface area contributed by atoms with Gasteiger partial charge in [0.05, 0.1) is 12.1 Å². The van der Waals surface area contributed by atoms with E-state index in [0.717, 1.165) is 12.1 Å². The average Bonchev–Trinajstić information content (AvgIpc) is 2.57. The minimum absolute atomic E-state index is 0. The normalized spacial score (nSPS) is 20.8. The molecule has 3 rings (SSSR count). The lowest BCUT2D eigenvalue weighted by Crippen LogP contribution is -3.15. The van der Waals surface area contributed by atoms with Crippen LogP contribution in [-0.4, -0.2) is 12.1 Å². The van der Waals surface area contributed by atoms with Gasteiger partial charge in [0.15, 0.2) is 0 Å². The molecule has 136 valence electrons. The van der Waals surface area contributed by atoms with Crippen molar-refractivity contribution in [1.82, 2.24) is 0 Å². The molecule has 1 aromatic rings. The Balaban J connectivity index is 0.00000208. The molecule has 0 saturated heterocycles. The standard InChI is InChI=1S/C22H35N.HI/c1-22(2,3)18-14-16-21(17-15-18)23(19-10-6-4-7-11-19)20-12-8-5-9-13-20;/h14-17,19-20H,4-13H2,1-3H3;1H. The molecule has 2 fully saturated rings. The summed E-state index contributed by atoms with van der Waals surface area (Å²) in [5.41, 5.74) is 3.29. The summed E-state index contributed by atoms with van der Waals surface area (Å²) in [6, 6.07) is 11.4. The van der Waals surface area contributed by atoms with Crippen LogP contribution in [0.3, 0.4) is 0 Å². The van der Waals surface area contributed by atoms with Crippen molar-refractivity contribution in [3.8, 4) is 0 Å². The molecule has 2 heteroatoms. The van der Waals surface area contributed by atoms with E-state index in [1.165, 1.54) is 69.8 Å². The van der Waals surface area contributed by atoms with E-state index >= 15 is 0 Å². The molecule has 0 bridgehead atoms. The second-order valence-corrected chi connectivity index (χ2v) is 8.95. The molecular formula is C22H36IN. The van der Waals surface area contributed by atoms with Crippen molar-refractivity contribution in [3.05, 3.63) is 29.8 Å². The van der Waals surface area contributed by atoms with Crippen LogP contribution in [0.15, 0.2) is 24.3 Å². The largest absolute Gasteiger partial charge is 1.00 e. The van der Waals surface area contributed by atoms with E-state index in [-0.39, 0.29) is 29.4 Å². The molecule has 0 amide bonds. The third-order valence-corrected chi connectivity index (χ3v) is 6.17. The zero-order valence-electron chi connectivity index (χ0n) is 15.9. The fraction of sp³-hybridized carbons (Fsp3) is 0.727. The summed E-state index contributed by atoms with van der Waals surface area (Å²) in [7, 11) is 0. The summed E-state index contributed by atoms with van der Waals surface area (Å²) in [5, 5.41) is 0. The molecule has 1 aromatic carbocycles. The summed E-state index contributed by atoms with van der Waals surface area (Å²) in [6.07, 6.45) is 14.4. The van der Waals surface area contributed by atoms with Crippen molar-refractivity contribution < 1.29 is 28.9 Å². The highest BCUT2D eigenvalue weighted by Crippen LogP contribution is 2.25. The van der Waals surface area contributed by atoms with Gasteiger partial charge in [0.1, 0.15) is 5.69 Å². The Morgan fingerprint density at radius 3 is 1.50 bits per heavy atom. The molecule has 0 spiro atoms. The van der Waals surface area contributed by atoms with Gasteiger partial charge in [0.25, 0.3) is 0 Å². The molecule has 0 aromatic heterocycles. The number of benzene rings is 1. The third kappa shape index (κ3) is 4.97. The highest BCUT2D eigenvalue weighted by molar-refractivity contribution is 5.35. The van der Waals surface area contributed by atoms with Crippen molar-refractivity contribution in [2.75, 3.05) is 0 Å². The summed E-state index contributed by atoms with van der Waals surface area (Å²) >= 11 is 0. The van der Waals surface area contributed by atoms with Crippen LogP contribution in [0.5, 0.6) is 0 Å². The van der Waals surface area contributed by atoms with Gasteiger partial charge in [-0.05, 0) is 74.5 Å². The van der Waals surface area contributed by atoms with Crippen LogP contribution in [-0.2, 0) is 5.41 Å². The molecule has 0 atom stereocenters. The molecule has 24 heavy (non-hydrogen) atoms. The second-order valence-electron chi connectivity index (χ2n) is 8.95. The van der Waals surface area contributed by atoms with Crippen molar-refractivity contribution >= 4 is 5.69 Å². The van der Waals surface area contributed by atoms with Crippen molar-refractivity contribution in [1.29, 1.82) is 0 Å². The maximum atomic E-state index is 2.44. The molecule has 0 unspecified atom stereocenters. The van der Waals surface area contributed by atoms with Crippen molar-refractivity contribution in [2.24, 2.45) is 0 Å². The van der Waals surface area contributed by atoms with Gasteiger partial charge in [-0.2, -0.15) is 0 Å². The summed E-state index contributed by atoms with van der Waals surface area (Å²) in [5.74, 6) is 0. The van der Waals surface area contributed by atoms with Crippen LogP contribution < -0.4 is 28.9 Å². The van der Waals surface area contributed by atoms with Crippen molar-refractivity contribution in [2.45, 2.75) is 102 Å². The molecule has 1 N–H and O–H groups in total. The van der Waals surface area contributed by atoms with Gasteiger partial charge in [0.2, 0.25) is 0 Å². The number of hydrogen-bond donors (Lipinski definition) is 1. The zero-order valence-corrected chi connectivity index (χ0v) is 18.1. The van der Waals surface area contributed by atoms with E-state index in [1.807, 2.05) is 4.90 Å². The van der Waals surface area contributed by atoms with Crippen LogP contribution in [0.4, 0.5) is 5.69 Å². The summed E-state index contributed by atoms with van der Waals surface area (Å²) in [6.45, 7) is 6.94. The van der Waals surface area contributed by atoms with Gasteiger partial charge < -0.3 is 24.0 Å². The second kappa shape index (κ2) is 9.02. The van der Waals surface area contributed by atoms with Crippen LogP contribution >= 0.6 is 0 Å². The van der Waals surface area contributed by atoms with Crippen molar-refractivity contribution in [3.63, 3.8) is 0 Å². The fourth-order valence-corrected chi connectivity index (χ4v) is 4.79. The summed E-state index contributed by atoms with van der Waals surface area (Å²) < 4.78 is 0. The van der Waals surface area contributed by atoms with Gasteiger partial charge in [-0.15, -0.1) is 0 Å². The molecule has 2 saturated carbocycles. The Bertz CT molecular complexity index is 458. The van der Waals surface area contributed by atoms with Gasteiger partial charge in [-0.1, -0.05) is 45.7 Å². The predicted octanol–water partition coefficient (Wildman–Crippen LogP) is 2.17. The number of hydrogen-bond acceptors (Lipinski definition) is 0. The number of rotatable bonds is 3. The zero-order chi connectivity index (χ0) is 16.3. The molecule has 0 radical (unpaired) electrons. The molecule has 0 heterocycles. The van der Waals surface area contributed by atoms with Gasteiger partial charge in [-0.3, -0.25) is 4.90 Å². The number of nitrogens with one attached hydrogen (secondary N) is 1. The van der Waals surface area contributed by atoms with Gasteiger partial charge in [-0.25, -0.2) is 0 Å². The van der Waals surface area contributed by atoms with E-state index in [0.29, 0.717) is 0 Å². The quantitative estimate of drug-likeness (QED) is 0.686. The lowest BCUT2D eigenvalue weighted by molar-refractivity contribution is -0.890. The van der Waals surface area contributed by atoms with E-state index in [4.69, 9.17) is 0 Å². The minimum atomic E-state index is 0. The molecular weight excluding hydrogens is 405 g/mol. The number of quaternary nitrogens is 1. The Hall–Kier alpha value is -0.0900.